The third-order valence-corrected chi connectivity index (χ3v) is 53.3. The number of methoxy groups -OCH3 is 6. The van der Waals surface area contributed by atoms with Crippen LogP contribution in [0.1, 0.15) is 165 Å². The lowest BCUT2D eigenvalue weighted by molar-refractivity contribution is -0.109. The molecule has 9 rings (SSSR count). The highest BCUT2D eigenvalue weighted by Crippen LogP contribution is 2.59. The first-order valence-corrected chi connectivity index (χ1v) is 64.9. The molecule has 0 saturated carbocycles. The van der Waals surface area contributed by atoms with Crippen molar-refractivity contribution in [1.29, 1.82) is 0 Å². The highest BCUT2D eigenvalue weighted by Gasteiger charge is 2.47. The Kier molecular flexibility index (Phi) is 39.6. The molecule has 0 radical (unpaired) electrons. The summed E-state index contributed by atoms with van der Waals surface area (Å²) >= 11 is 0. The molecule has 9 aromatic rings. The van der Waals surface area contributed by atoms with Gasteiger partial charge in [0.15, 0.2) is 63.8 Å². The van der Waals surface area contributed by atoms with E-state index in [2.05, 4.69) is 291 Å². The number of carbonyl (C=O) groups excluding carboxylic acids is 1. The summed E-state index contributed by atoms with van der Waals surface area (Å²) in [6.45, 7) is 79.6. The fourth-order valence-electron chi connectivity index (χ4n) is 12.5. The van der Waals surface area contributed by atoms with Gasteiger partial charge in [0, 0.05) is 16.7 Å². The van der Waals surface area contributed by atoms with Crippen LogP contribution >= 0.6 is 0 Å². The van der Waals surface area contributed by atoms with Gasteiger partial charge >= 0.3 is 0 Å². The summed E-state index contributed by atoms with van der Waals surface area (Å²) in [5.74, 6) is 9.10. The Morgan fingerprint density at radius 1 is 0.314 bits per heavy atom. The van der Waals surface area contributed by atoms with Gasteiger partial charge in [-0.15, -0.1) is 6.58 Å². The van der Waals surface area contributed by atoms with Crippen LogP contribution in [0.3, 0.4) is 0 Å². The van der Waals surface area contributed by atoms with Crippen LogP contribution in [0.25, 0.3) is 66.8 Å². The van der Waals surface area contributed by atoms with Crippen LogP contribution in [0.5, 0.6) is 103 Å². The molecular formula is C112H164O19Si6. The highest BCUT2D eigenvalue weighted by atomic mass is 28.4. The van der Waals surface area contributed by atoms with Gasteiger partial charge < -0.3 is 84.5 Å². The summed E-state index contributed by atoms with van der Waals surface area (Å²) in [7, 11) is -3.60. The third kappa shape index (κ3) is 29.4. The minimum atomic E-state index is -2.42. The van der Waals surface area contributed by atoms with Gasteiger partial charge in [-0.25, -0.2) is 0 Å². The second-order valence-electron chi connectivity index (χ2n) is 43.8. The zero-order valence-electron chi connectivity index (χ0n) is 90.4. The van der Waals surface area contributed by atoms with Crippen LogP contribution in [0.4, 0.5) is 0 Å². The molecule has 0 saturated heterocycles. The van der Waals surface area contributed by atoms with Gasteiger partial charge in [0.2, 0.25) is 16.6 Å². The number of phenolic OH excluding ortho intramolecular Hbond substituents is 3. The Labute approximate surface area is 828 Å². The number of hydrogen-bond acceptors (Lipinski definition) is 19. The first-order valence-electron chi connectivity index (χ1n) is 47.4. The lowest BCUT2D eigenvalue weighted by Crippen LogP contribution is -2.44. The number of aldehydes is 1. The van der Waals surface area contributed by atoms with E-state index in [1.54, 1.807) is 70.9 Å². The molecule has 0 heterocycles. The van der Waals surface area contributed by atoms with E-state index in [-0.39, 0.29) is 59.8 Å². The number of aromatic hydroxyl groups is 3. The largest absolute Gasteiger partial charge is 0.544 e. The molecule has 0 aromatic heterocycles. The number of allylic oxidation sites excluding steroid dienone is 3. The van der Waals surface area contributed by atoms with Gasteiger partial charge in [-0.3, -0.25) is 4.79 Å². The number of ether oxygens (including phenoxy) is 9. The van der Waals surface area contributed by atoms with E-state index >= 15 is 0 Å². The topological polar surface area (TPSA) is 216 Å². The normalized spacial score (nSPS) is 12.4. The number of carbonyl (C=O) groups is 1. The molecule has 0 aliphatic carbocycles. The van der Waals surface area contributed by atoms with Crippen LogP contribution in [-0.4, -0.2) is 134 Å². The van der Waals surface area contributed by atoms with Crippen LogP contribution in [0.2, 0.25) is 109 Å². The Morgan fingerprint density at radius 2 is 0.613 bits per heavy atom. The monoisotopic (exact) mass is 1980 g/mol. The van der Waals surface area contributed by atoms with E-state index in [0.29, 0.717) is 98.9 Å². The van der Waals surface area contributed by atoms with E-state index < -0.39 is 49.9 Å². The Hall–Kier alpha value is -10.4. The smallest absolute Gasteiger partial charge is 0.250 e. The van der Waals surface area contributed by atoms with Crippen molar-refractivity contribution in [2.45, 2.75) is 274 Å². The summed E-state index contributed by atoms with van der Waals surface area (Å²) in [5.41, 5.74) is 10.4. The minimum Gasteiger partial charge on any atom is -0.544 e. The molecule has 750 valence electrons. The van der Waals surface area contributed by atoms with Gasteiger partial charge in [-0.05, 0) is 266 Å². The molecule has 19 nitrogen and oxygen atoms in total. The maximum Gasteiger partial charge on any atom is 0.250 e. The molecule has 0 aliphatic rings. The molecular weight excluding hydrogens is 1820 g/mol. The van der Waals surface area contributed by atoms with E-state index in [4.69, 9.17) is 69.2 Å². The first-order chi connectivity index (χ1) is 63.4. The molecule has 0 fully saturated rings. The van der Waals surface area contributed by atoms with Crippen LogP contribution in [-0.2, 0) is 4.79 Å². The second kappa shape index (κ2) is 47.0. The van der Waals surface area contributed by atoms with Crippen molar-refractivity contribution in [3.63, 3.8) is 0 Å². The van der Waals surface area contributed by atoms with Crippen LogP contribution in [0.15, 0.2) is 182 Å². The summed E-state index contributed by atoms with van der Waals surface area (Å²) < 4.78 is 95.3. The van der Waals surface area contributed by atoms with E-state index in [0.717, 1.165) is 80.7 Å². The highest BCUT2D eigenvalue weighted by molar-refractivity contribution is 6.77. The molecule has 0 spiro atoms. The second-order valence-corrected chi connectivity index (χ2v) is 72.2. The van der Waals surface area contributed by atoms with Crippen molar-refractivity contribution in [2.75, 3.05) is 62.5 Å². The number of hydrogen-bond donors (Lipinski definition) is 3. The van der Waals surface area contributed by atoms with Crippen molar-refractivity contribution in [1.82, 2.24) is 0 Å². The van der Waals surface area contributed by atoms with E-state index in [1.165, 1.54) is 25.9 Å². The van der Waals surface area contributed by atoms with Gasteiger partial charge in [-0.2, -0.15) is 0 Å². The fourth-order valence-corrected chi connectivity index (χ4v) is 18.7. The standard InChI is InChI=1S/C43H68O6Si3.C40H62O7Si3.C25H26O6.C4H8/c1-30(2)26-27-46-35-25-22-32(28-36(35)48-51(16,17)42(6,7)8)38-37(44-12)29-34(39(45-13)40(38)49-52(18,19)43(9,10)11)31-20-23-33(24-21-31)47-50(14,15)41(3,4)5;1-38(2,3)48(12,13)45-30-21-18-28(19-22-30)31-27-34(42-10)35(37(36(31)43-11)47-50(16,17)40(7,8)9)29-20-23-32(44-25-24-41)33(26-29)46-49(14,15)39(4,5)6;1-4-5-6-13-31-21-12-9-17(14-20(21)27)23-22(29-2)15-19(25(30-3)24(23)28)16-7-10-18(26)11-8-16;1-3-4-2/h20-26,28-29H,27H2,1-19H3;18-24,26-27H,25H2,1-17H3;5-12,14-15,26-28H,4,13H2,1-3H3;3H,1,4H2,2H3/b;;6-5-;. The number of benzene rings is 9. The maximum atomic E-state index is 11.3. The van der Waals surface area contributed by atoms with Crippen LogP contribution < -0.4 is 69.2 Å². The van der Waals surface area contributed by atoms with E-state index in [9.17, 15) is 20.1 Å². The zero-order valence-corrected chi connectivity index (χ0v) is 96.4. The van der Waals surface area contributed by atoms with Crippen molar-refractivity contribution in [3.05, 3.63) is 182 Å². The SMILES string of the molecule is C=CCC.CC/C=C\COc1ccc(-c2c(OC)cc(-c3ccc(O)cc3)c(OC)c2O)cc1O.COc1cc(-c2ccc(O[Si](C)(C)C(C)(C)C)cc2)c(OC)c(O[Si](C)(C)C(C)(C)C)c1-c1ccc(OCC=C(C)C)c(O[Si](C)(C)C(C)(C)C)c1.COc1cc(-c2ccc(O[Si](C)(C)C(C)(C)C)cc2)c(OC)c(O[Si](C)(C)C(C)(C)C)c1-c1ccc(OCC=O)c(O[Si](C)(C)C(C)(C)C)c1. The first kappa shape index (κ1) is 115. The van der Waals surface area contributed by atoms with Gasteiger partial charge in [0.1, 0.15) is 65.8 Å². The summed E-state index contributed by atoms with van der Waals surface area (Å²) in [5, 5.41) is 31.0. The predicted octanol–water partition coefficient (Wildman–Crippen LogP) is 32.4. The quantitative estimate of drug-likeness (QED) is 0.0191. The minimum absolute atomic E-state index is 0.00931. The Morgan fingerprint density at radius 3 is 0.927 bits per heavy atom. The Bertz CT molecular complexity index is 5570. The number of phenols is 3. The molecule has 0 amide bonds. The summed E-state index contributed by atoms with van der Waals surface area (Å²) in [6, 6.07) is 45.7. The van der Waals surface area contributed by atoms with Crippen LogP contribution in [0, 0.1) is 0 Å². The van der Waals surface area contributed by atoms with Crippen molar-refractivity contribution in [2.24, 2.45) is 0 Å². The van der Waals surface area contributed by atoms with Gasteiger partial charge in [0.05, 0.1) is 59.3 Å². The lowest BCUT2D eigenvalue weighted by Gasteiger charge is -2.38. The summed E-state index contributed by atoms with van der Waals surface area (Å²) in [6.07, 6.45) is 10.6. The lowest BCUT2D eigenvalue weighted by atomic mass is 9.96. The molecule has 0 aliphatic heterocycles. The molecule has 25 heteroatoms. The predicted molar refractivity (Wildman–Crippen MR) is 585 cm³/mol. The Balaban J connectivity index is 0.000000318. The number of rotatable bonds is 35. The van der Waals surface area contributed by atoms with Gasteiger partial charge in [0.25, 0.3) is 33.3 Å². The molecule has 3 N–H and O–H groups in total. The third-order valence-electron chi connectivity index (χ3n) is 27.2. The molecule has 9 aromatic carbocycles. The summed E-state index contributed by atoms with van der Waals surface area (Å²) in [4.78, 5) is 11.3. The molecule has 0 bridgehead atoms. The average molecular weight is 1980 g/mol. The van der Waals surface area contributed by atoms with Gasteiger partial charge in [-0.1, -0.05) is 217 Å². The fraction of sp³-hybridized carbons (Fsp3) is 0.455. The molecule has 0 unspecified atom stereocenters. The maximum absolute atomic E-state index is 11.3. The molecule has 137 heavy (non-hydrogen) atoms. The molecule has 0 atom stereocenters. The average Bonchev–Trinajstić information content (AvgIpc) is 0.756. The van der Waals surface area contributed by atoms with Crippen molar-refractivity contribution in [3.8, 4) is 170 Å². The van der Waals surface area contributed by atoms with Crippen molar-refractivity contribution >= 4 is 56.2 Å². The van der Waals surface area contributed by atoms with E-state index in [1.807, 2.05) is 67.6 Å². The zero-order chi connectivity index (χ0) is 104. The van der Waals surface area contributed by atoms with Crippen molar-refractivity contribution < 1.29 is 89.3 Å².